The minimum absolute atomic E-state index is 0.121. The number of nitrogens with zero attached hydrogens (tertiary/aromatic N) is 3. The molecule has 1 aromatic heterocycles. The Balaban J connectivity index is 1.23. The third kappa shape index (κ3) is 4.52. The SMILES string of the molecule is Cc1cccc(CC2C[N+]3(Cc4nc([C@](O)(c5ccccc5)C5CCCCC5)no4)CCC2CC3)c1. The van der Waals surface area contributed by atoms with Gasteiger partial charge in [-0.3, -0.25) is 0 Å². The molecule has 2 bridgehead atoms. The van der Waals surface area contributed by atoms with Crippen LogP contribution < -0.4 is 0 Å². The van der Waals surface area contributed by atoms with E-state index in [1.54, 1.807) is 0 Å². The molecule has 1 aliphatic carbocycles. The molecule has 4 aliphatic rings. The fourth-order valence-corrected chi connectivity index (χ4v) is 7.55. The molecule has 2 aromatic carbocycles. The van der Waals surface area contributed by atoms with E-state index in [0.29, 0.717) is 17.6 Å². The van der Waals surface area contributed by atoms with Crippen LogP contribution in [0.3, 0.4) is 0 Å². The largest absolute Gasteiger partial charge is 0.377 e. The highest BCUT2D eigenvalue weighted by atomic mass is 16.5. The maximum atomic E-state index is 12.2. The normalized spacial score (nSPS) is 28.2. The molecule has 3 saturated heterocycles. The Kier molecular flexibility index (Phi) is 6.47. The number of fused-ring (bicyclic) bond motifs is 3. The third-order valence-corrected chi connectivity index (χ3v) is 9.51. The van der Waals surface area contributed by atoms with Crippen LogP contribution in [0.2, 0.25) is 0 Å². The van der Waals surface area contributed by atoms with Crippen LogP contribution in [-0.2, 0) is 18.6 Å². The van der Waals surface area contributed by atoms with Gasteiger partial charge in [-0.1, -0.05) is 84.6 Å². The molecule has 3 aliphatic heterocycles. The zero-order valence-electron chi connectivity index (χ0n) is 21.6. The lowest BCUT2D eigenvalue weighted by molar-refractivity contribution is -0.960. The van der Waals surface area contributed by atoms with Crippen molar-refractivity contribution in [2.45, 2.75) is 70.4 Å². The molecule has 4 fully saturated rings. The van der Waals surface area contributed by atoms with Crippen molar-refractivity contribution in [1.29, 1.82) is 0 Å². The fraction of sp³-hybridized carbons (Fsp3) is 0.548. The predicted octanol–water partition coefficient (Wildman–Crippen LogP) is 5.79. The molecule has 36 heavy (non-hydrogen) atoms. The summed E-state index contributed by atoms with van der Waals surface area (Å²) in [5.74, 6) is 2.80. The Morgan fingerprint density at radius 2 is 1.75 bits per heavy atom. The van der Waals surface area contributed by atoms with E-state index in [1.165, 1.54) is 50.0 Å². The highest BCUT2D eigenvalue weighted by molar-refractivity contribution is 5.30. The summed E-state index contributed by atoms with van der Waals surface area (Å²) in [6.07, 6.45) is 9.26. The highest BCUT2D eigenvalue weighted by Crippen LogP contribution is 2.44. The van der Waals surface area contributed by atoms with Crippen LogP contribution in [0.25, 0.3) is 0 Å². The summed E-state index contributed by atoms with van der Waals surface area (Å²) >= 11 is 0. The van der Waals surface area contributed by atoms with E-state index < -0.39 is 5.60 Å². The van der Waals surface area contributed by atoms with Gasteiger partial charge in [0.15, 0.2) is 12.1 Å². The van der Waals surface area contributed by atoms with Crippen LogP contribution in [-0.4, -0.2) is 39.4 Å². The molecule has 0 amide bonds. The van der Waals surface area contributed by atoms with Crippen molar-refractivity contribution in [1.82, 2.24) is 10.1 Å². The van der Waals surface area contributed by atoms with Crippen LogP contribution in [0.15, 0.2) is 59.1 Å². The van der Waals surface area contributed by atoms with E-state index in [4.69, 9.17) is 9.51 Å². The molecule has 7 rings (SSSR count). The summed E-state index contributed by atoms with van der Waals surface area (Å²) in [5.41, 5.74) is 2.51. The van der Waals surface area contributed by atoms with Crippen LogP contribution >= 0.6 is 0 Å². The smallest absolute Gasteiger partial charge is 0.282 e. The van der Waals surface area contributed by atoms with Gasteiger partial charge in [0.05, 0.1) is 19.6 Å². The number of benzene rings is 2. The minimum atomic E-state index is -1.19. The number of aromatic nitrogens is 2. The Morgan fingerprint density at radius 3 is 2.50 bits per heavy atom. The molecule has 190 valence electrons. The zero-order valence-corrected chi connectivity index (χ0v) is 21.6. The number of quaternary nitrogens is 1. The maximum absolute atomic E-state index is 12.2. The molecule has 0 radical (unpaired) electrons. The first-order valence-electron chi connectivity index (χ1n) is 14.1. The average molecular weight is 487 g/mol. The molecule has 0 spiro atoms. The molecule has 4 heterocycles. The second-order valence-electron chi connectivity index (χ2n) is 11.9. The molecule has 2 atom stereocenters. The number of piperidine rings is 3. The Morgan fingerprint density at radius 1 is 0.972 bits per heavy atom. The van der Waals surface area contributed by atoms with Gasteiger partial charge in [0.25, 0.3) is 5.89 Å². The van der Waals surface area contributed by atoms with Crippen molar-refractivity contribution in [3.8, 4) is 0 Å². The lowest BCUT2D eigenvalue weighted by Crippen LogP contribution is -2.61. The number of aryl methyl sites for hydroxylation is 1. The molecule has 3 aromatic rings. The number of hydrogen-bond acceptors (Lipinski definition) is 4. The second kappa shape index (κ2) is 9.75. The van der Waals surface area contributed by atoms with E-state index in [-0.39, 0.29) is 5.92 Å². The van der Waals surface area contributed by atoms with Gasteiger partial charge in [-0.15, -0.1) is 0 Å². The van der Waals surface area contributed by atoms with E-state index in [9.17, 15) is 5.11 Å². The summed E-state index contributed by atoms with van der Waals surface area (Å²) in [7, 11) is 0. The van der Waals surface area contributed by atoms with E-state index >= 15 is 0 Å². The summed E-state index contributed by atoms with van der Waals surface area (Å²) in [5, 5.41) is 16.6. The molecule has 1 unspecified atom stereocenters. The first-order valence-corrected chi connectivity index (χ1v) is 14.1. The van der Waals surface area contributed by atoms with Gasteiger partial charge in [0, 0.05) is 18.8 Å². The third-order valence-electron chi connectivity index (χ3n) is 9.51. The lowest BCUT2D eigenvalue weighted by atomic mass is 9.73. The fourth-order valence-electron chi connectivity index (χ4n) is 7.55. The predicted molar refractivity (Wildman–Crippen MR) is 140 cm³/mol. The average Bonchev–Trinajstić information content (AvgIpc) is 3.38. The van der Waals surface area contributed by atoms with Crippen molar-refractivity contribution in [2.75, 3.05) is 19.6 Å². The standard InChI is InChI=1S/C31H40N3O2/c1-23-9-8-10-24(19-23)20-26-21-34(17-15-25(26)16-18-34)22-29-32-30(33-36-29)31(35,27-11-4-2-5-12-27)28-13-6-3-7-14-28/h2,4-5,8-12,19,25-26,28,35H,3,6-7,13-18,20-22H2,1H3/q+1/t25?,26?,31-,34?/m0/s1. The lowest BCUT2D eigenvalue weighted by Gasteiger charge is -2.52. The van der Waals surface area contributed by atoms with E-state index in [2.05, 4.69) is 36.3 Å². The van der Waals surface area contributed by atoms with Gasteiger partial charge in [-0.2, -0.15) is 4.98 Å². The van der Waals surface area contributed by atoms with Gasteiger partial charge >= 0.3 is 0 Å². The molecular weight excluding hydrogens is 446 g/mol. The van der Waals surface area contributed by atoms with Gasteiger partial charge in [-0.25, -0.2) is 0 Å². The molecule has 1 N–H and O–H groups in total. The van der Waals surface area contributed by atoms with Crippen LogP contribution in [0.4, 0.5) is 0 Å². The number of rotatable bonds is 7. The summed E-state index contributed by atoms with van der Waals surface area (Å²) in [6, 6.07) is 19.0. The highest BCUT2D eigenvalue weighted by Gasteiger charge is 2.48. The first-order chi connectivity index (χ1) is 17.5. The first kappa shape index (κ1) is 23.9. The van der Waals surface area contributed by atoms with Crippen molar-refractivity contribution in [2.24, 2.45) is 17.8 Å². The van der Waals surface area contributed by atoms with Gasteiger partial charge in [0.2, 0.25) is 5.82 Å². The topological polar surface area (TPSA) is 59.2 Å². The Bertz CT molecular complexity index is 1160. The molecular formula is C31H40N3O2+. The maximum Gasteiger partial charge on any atom is 0.282 e. The van der Waals surface area contributed by atoms with Gasteiger partial charge in [0.1, 0.15) is 0 Å². The molecule has 1 saturated carbocycles. The van der Waals surface area contributed by atoms with Gasteiger partial charge in [-0.05, 0) is 49.1 Å². The van der Waals surface area contributed by atoms with Crippen LogP contribution in [0.1, 0.15) is 73.4 Å². The Hall–Kier alpha value is -2.50. The Labute approximate surface area is 215 Å². The van der Waals surface area contributed by atoms with E-state index in [0.717, 1.165) is 54.6 Å². The second-order valence-corrected chi connectivity index (χ2v) is 11.9. The van der Waals surface area contributed by atoms with Gasteiger partial charge < -0.3 is 14.1 Å². The van der Waals surface area contributed by atoms with Crippen LogP contribution in [0.5, 0.6) is 0 Å². The molecule has 5 nitrogen and oxygen atoms in total. The minimum Gasteiger partial charge on any atom is -0.377 e. The van der Waals surface area contributed by atoms with Crippen molar-refractivity contribution < 1.29 is 14.1 Å². The quantitative estimate of drug-likeness (QED) is 0.429. The summed E-state index contributed by atoms with van der Waals surface area (Å²) in [4.78, 5) is 4.92. The van der Waals surface area contributed by atoms with Crippen molar-refractivity contribution in [3.05, 3.63) is 83.0 Å². The monoisotopic (exact) mass is 486 g/mol. The zero-order chi connectivity index (χ0) is 24.6. The summed E-state index contributed by atoms with van der Waals surface area (Å²) in [6.45, 7) is 6.53. The number of aliphatic hydroxyl groups is 1. The van der Waals surface area contributed by atoms with Crippen molar-refractivity contribution >= 4 is 0 Å². The van der Waals surface area contributed by atoms with Crippen LogP contribution in [0, 0.1) is 24.7 Å². The van der Waals surface area contributed by atoms with E-state index in [1.807, 2.05) is 30.3 Å². The molecule has 5 heteroatoms. The van der Waals surface area contributed by atoms with Crippen molar-refractivity contribution in [3.63, 3.8) is 0 Å². The number of hydrogen-bond donors (Lipinski definition) is 1. The summed E-state index contributed by atoms with van der Waals surface area (Å²) < 4.78 is 6.95.